The highest BCUT2D eigenvalue weighted by atomic mass is 16.5. The fraction of sp³-hybridized carbons (Fsp3) is 0. The number of rotatable bonds is 2. The number of hydrogen-bond donors (Lipinski definition) is 0. The average molecular weight is 208 g/mol. The van der Waals surface area contributed by atoms with Crippen LogP contribution in [0.5, 0.6) is 11.5 Å². The first-order valence-corrected chi connectivity index (χ1v) is 4.89. The largest absolute Gasteiger partial charge is 0.454 e. The molecule has 0 saturated carbocycles. The van der Waals surface area contributed by atoms with Crippen molar-refractivity contribution in [3.63, 3.8) is 0 Å². The number of hydrogen-bond acceptors (Lipinski definition) is 3. The van der Waals surface area contributed by atoms with Crippen molar-refractivity contribution in [2.45, 2.75) is 0 Å². The minimum Gasteiger partial charge on any atom is -0.454 e. The molecule has 1 heterocycles. The number of aromatic nitrogens is 1. The lowest BCUT2D eigenvalue weighted by atomic mass is 9.97. The highest BCUT2D eigenvalue weighted by Crippen LogP contribution is 2.22. The molecule has 0 atom stereocenters. The van der Waals surface area contributed by atoms with Gasteiger partial charge in [0, 0.05) is 6.20 Å². The van der Waals surface area contributed by atoms with Crippen LogP contribution in [0.15, 0.2) is 42.6 Å². The predicted octanol–water partition coefficient (Wildman–Crippen LogP) is 1.00. The second kappa shape index (κ2) is 4.50. The highest BCUT2D eigenvalue weighted by Gasteiger charge is 2.04. The van der Waals surface area contributed by atoms with Crippen LogP contribution in [0, 0.1) is 11.3 Å². The normalized spacial score (nSPS) is 9.44. The van der Waals surface area contributed by atoms with Gasteiger partial charge in [-0.3, -0.25) is 0 Å². The summed E-state index contributed by atoms with van der Waals surface area (Å²) in [6.45, 7) is 0. The van der Waals surface area contributed by atoms with Crippen LogP contribution in [-0.4, -0.2) is 12.8 Å². The Hall–Kier alpha value is -2.28. The fourth-order valence-electron chi connectivity index (χ4n) is 1.29. The Morgan fingerprint density at radius 3 is 2.62 bits per heavy atom. The van der Waals surface area contributed by atoms with E-state index < -0.39 is 0 Å². The zero-order chi connectivity index (χ0) is 11.4. The van der Waals surface area contributed by atoms with Crippen molar-refractivity contribution in [1.82, 2.24) is 4.98 Å². The summed E-state index contributed by atoms with van der Waals surface area (Å²) in [4.78, 5) is 3.92. The van der Waals surface area contributed by atoms with Gasteiger partial charge in [-0.05, 0) is 24.3 Å². The molecule has 3 nitrogen and oxygen atoms in total. The SMILES string of the molecule is Bc1ccc(Oc2cccnc2C#N)cc1. The quantitative estimate of drug-likeness (QED) is 0.691. The van der Waals surface area contributed by atoms with Crippen LogP contribution in [0.2, 0.25) is 0 Å². The summed E-state index contributed by atoms with van der Waals surface area (Å²) in [6.07, 6.45) is 1.57. The zero-order valence-electron chi connectivity index (χ0n) is 8.84. The monoisotopic (exact) mass is 208 g/mol. The molecule has 76 valence electrons. The van der Waals surface area contributed by atoms with Crippen LogP contribution in [0.4, 0.5) is 0 Å². The predicted molar refractivity (Wildman–Crippen MR) is 63.6 cm³/mol. The lowest BCUT2D eigenvalue weighted by Crippen LogP contribution is -1.99. The van der Waals surface area contributed by atoms with Crippen molar-refractivity contribution in [2.24, 2.45) is 0 Å². The third kappa shape index (κ3) is 2.21. The standard InChI is InChI=1S/C12H9BN2O/c13-9-3-5-10(6-4-9)16-12-2-1-7-15-11(12)8-14/h1-7H,13H2. The van der Waals surface area contributed by atoms with Gasteiger partial charge in [0.1, 0.15) is 19.7 Å². The summed E-state index contributed by atoms with van der Waals surface area (Å²) in [6, 6.07) is 13.1. The Kier molecular flexibility index (Phi) is 2.88. The van der Waals surface area contributed by atoms with E-state index in [1.54, 1.807) is 18.3 Å². The molecule has 0 spiro atoms. The molecular weight excluding hydrogens is 199 g/mol. The van der Waals surface area contributed by atoms with Gasteiger partial charge >= 0.3 is 0 Å². The molecule has 1 aromatic carbocycles. The van der Waals surface area contributed by atoms with Crippen molar-refractivity contribution in [3.8, 4) is 17.6 Å². The maximum absolute atomic E-state index is 8.85. The molecule has 1 aromatic heterocycles. The lowest BCUT2D eigenvalue weighted by Gasteiger charge is -2.06. The van der Waals surface area contributed by atoms with E-state index in [1.807, 2.05) is 38.2 Å². The number of pyridine rings is 1. The first-order chi connectivity index (χ1) is 7.79. The molecule has 0 amide bonds. The van der Waals surface area contributed by atoms with Gasteiger partial charge in [-0.25, -0.2) is 4.98 Å². The van der Waals surface area contributed by atoms with E-state index in [1.165, 1.54) is 5.46 Å². The van der Waals surface area contributed by atoms with Crippen molar-refractivity contribution >= 4 is 13.3 Å². The molecule has 0 unspecified atom stereocenters. The van der Waals surface area contributed by atoms with Gasteiger partial charge in [-0.15, -0.1) is 0 Å². The number of nitriles is 1. The number of nitrogens with zero attached hydrogens (tertiary/aromatic N) is 2. The minimum absolute atomic E-state index is 0.295. The Bertz CT molecular complexity index is 531. The third-order valence-electron chi connectivity index (χ3n) is 2.13. The fourth-order valence-corrected chi connectivity index (χ4v) is 1.29. The van der Waals surface area contributed by atoms with E-state index in [-0.39, 0.29) is 0 Å². The minimum atomic E-state index is 0.295. The third-order valence-corrected chi connectivity index (χ3v) is 2.13. The van der Waals surface area contributed by atoms with Gasteiger partial charge in [0.25, 0.3) is 0 Å². The van der Waals surface area contributed by atoms with Crippen molar-refractivity contribution in [1.29, 1.82) is 5.26 Å². The summed E-state index contributed by atoms with van der Waals surface area (Å²) in [5.41, 5.74) is 1.46. The highest BCUT2D eigenvalue weighted by molar-refractivity contribution is 6.32. The molecule has 2 aromatic rings. The van der Waals surface area contributed by atoms with Crippen molar-refractivity contribution in [2.75, 3.05) is 0 Å². The van der Waals surface area contributed by atoms with Crippen LogP contribution in [0.1, 0.15) is 5.69 Å². The van der Waals surface area contributed by atoms with E-state index in [2.05, 4.69) is 4.98 Å². The second-order valence-electron chi connectivity index (χ2n) is 3.38. The molecule has 4 heteroatoms. The van der Waals surface area contributed by atoms with Gasteiger partial charge in [-0.2, -0.15) is 5.26 Å². The van der Waals surface area contributed by atoms with E-state index in [0.717, 1.165) is 0 Å². The number of benzene rings is 1. The van der Waals surface area contributed by atoms with Crippen LogP contribution in [0.3, 0.4) is 0 Å². The van der Waals surface area contributed by atoms with Crippen LogP contribution in [-0.2, 0) is 0 Å². The molecule has 2 rings (SSSR count). The maximum Gasteiger partial charge on any atom is 0.183 e. The van der Waals surface area contributed by atoms with Crippen LogP contribution in [0.25, 0.3) is 0 Å². The topological polar surface area (TPSA) is 45.9 Å². The molecule has 16 heavy (non-hydrogen) atoms. The van der Waals surface area contributed by atoms with Gasteiger partial charge in [0.2, 0.25) is 0 Å². The van der Waals surface area contributed by atoms with E-state index in [0.29, 0.717) is 17.2 Å². The summed E-state index contributed by atoms with van der Waals surface area (Å²) in [5, 5.41) is 8.85. The van der Waals surface area contributed by atoms with Crippen LogP contribution >= 0.6 is 0 Å². The van der Waals surface area contributed by atoms with E-state index in [4.69, 9.17) is 10.00 Å². The van der Waals surface area contributed by atoms with Gasteiger partial charge in [-0.1, -0.05) is 17.6 Å². The molecule has 0 aliphatic carbocycles. The first kappa shape index (κ1) is 10.2. The molecule has 0 fully saturated rings. The molecule has 0 bridgehead atoms. The summed E-state index contributed by atoms with van der Waals surface area (Å²) in [7, 11) is 2.01. The van der Waals surface area contributed by atoms with Crippen LogP contribution < -0.4 is 10.2 Å². The molecule has 0 aliphatic heterocycles. The van der Waals surface area contributed by atoms with E-state index >= 15 is 0 Å². The molecular formula is C12H9BN2O. The Balaban J connectivity index is 2.27. The zero-order valence-corrected chi connectivity index (χ0v) is 8.84. The summed E-state index contributed by atoms with van der Waals surface area (Å²) < 4.78 is 5.57. The molecule has 0 aliphatic rings. The number of ether oxygens (including phenoxy) is 1. The molecule has 0 saturated heterocycles. The lowest BCUT2D eigenvalue weighted by molar-refractivity contribution is 0.478. The van der Waals surface area contributed by atoms with Gasteiger partial charge in [0.05, 0.1) is 0 Å². The summed E-state index contributed by atoms with van der Waals surface area (Å²) in [5.74, 6) is 1.18. The molecule has 0 N–H and O–H groups in total. The van der Waals surface area contributed by atoms with Crippen molar-refractivity contribution < 1.29 is 4.74 Å². The van der Waals surface area contributed by atoms with Crippen molar-refractivity contribution in [3.05, 3.63) is 48.3 Å². The molecule has 0 radical (unpaired) electrons. The summed E-state index contributed by atoms with van der Waals surface area (Å²) >= 11 is 0. The van der Waals surface area contributed by atoms with Gasteiger partial charge < -0.3 is 4.74 Å². The van der Waals surface area contributed by atoms with E-state index in [9.17, 15) is 0 Å². The Labute approximate surface area is 94.7 Å². The first-order valence-electron chi connectivity index (χ1n) is 4.89. The second-order valence-corrected chi connectivity index (χ2v) is 3.38. The Morgan fingerprint density at radius 1 is 1.19 bits per heavy atom. The van der Waals surface area contributed by atoms with Gasteiger partial charge in [0.15, 0.2) is 11.4 Å². The Morgan fingerprint density at radius 2 is 1.94 bits per heavy atom. The smallest absolute Gasteiger partial charge is 0.183 e. The average Bonchev–Trinajstić information content (AvgIpc) is 2.33. The maximum atomic E-state index is 8.85.